The predicted molar refractivity (Wildman–Crippen MR) is 53.1 cm³/mol. The Balaban J connectivity index is 2.61. The van der Waals surface area contributed by atoms with Crippen LogP contribution >= 0.6 is 0 Å². The van der Waals surface area contributed by atoms with E-state index >= 15 is 0 Å². The fourth-order valence-electron chi connectivity index (χ4n) is 0.984. The van der Waals surface area contributed by atoms with Crippen LogP contribution < -0.4 is 5.73 Å². The average Bonchev–Trinajstić information content (AvgIpc) is 2.29. The molecule has 6 heteroatoms. The number of amides is 1. The number of aromatic nitrogens is 2. The SMILES string of the molecule is CN(CC(=O)c1cnccn1)C(=O)CN. The molecule has 0 bridgehead atoms. The van der Waals surface area contributed by atoms with E-state index in [0.717, 1.165) is 0 Å². The van der Waals surface area contributed by atoms with Crippen LogP contribution in [0.4, 0.5) is 0 Å². The summed E-state index contributed by atoms with van der Waals surface area (Å²) in [6, 6.07) is 0. The highest BCUT2D eigenvalue weighted by Crippen LogP contribution is 1.95. The summed E-state index contributed by atoms with van der Waals surface area (Å²) >= 11 is 0. The summed E-state index contributed by atoms with van der Waals surface area (Å²) in [5, 5.41) is 0. The van der Waals surface area contributed by atoms with Crippen LogP contribution in [0.25, 0.3) is 0 Å². The number of carbonyl (C=O) groups is 2. The first kappa shape index (κ1) is 11.3. The lowest BCUT2D eigenvalue weighted by molar-refractivity contribution is -0.127. The van der Waals surface area contributed by atoms with Crippen molar-refractivity contribution >= 4 is 11.7 Å². The molecule has 0 saturated heterocycles. The van der Waals surface area contributed by atoms with Gasteiger partial charge in [-0.05, 0) is 0 Å². The van der Waals surface area contributed by atoms with E-state index in [0.29, 0.717) is 0 Å². The molecule has 0 atom stereocenters. The van der Waals surface area contributed by atoms with Crippen molar-refractivity contribution in [2.45, 2.75) is 0 Å². The summed E-state index contributed by atoms with van der Waals surface area (Å²) in [4.78, 5) is 31.5. The van der Waals surface area contributed by atoms with Crippen molar-refractivity contribution in [3.8, 4) is 0 Å². The van der Waals surface area contributed by atoms with Crippen LogP contribution in [-0.4, -0.2) is 46.7 Å². The fraction of sp³-hybridized carbons (Fsp3) is 0.333. The topological polar surface area (TPSA) is 89.2 Å². The molecule has 80 valence electrons. The van der Waals surface area contributed by atoms with Gasteiger partial charge >= 0.3 is 0 Å². The zero-order valence-corrected chi connectivity index (χ0v) is 8.38. The Labute approximate surface area is 87.1 Å². The molecule has 0 saturated carbocycles. The number of hydrogen-bond donors (Lipinski definition) is 1. The number of rotatable bonds is 4. The van der Waals surface area contributed by atoms with Crippen LogP contribution in [0.5, 0.6) is 0 Å². The molecule has 1 aromatic rings. The number of Topliss-reactive ketones (excluding diaryl/α,β-unsaturated/α-hetero) is 1. The lowest BCUT2D eigenvalue weighted by Crippen LogP contribution is -2.36. The van der Waals surface area contributed by atoms with Gasteiger partial charge in [0.2, 0.25) is 11.7 Å². The van der Waals surface area contributed by atoms with Crippen LogP contribution in [0.1, 0.15) is 10.5 Å². The molecule has 1 aromatic heterocycles. The Hall–Kier alpha value is -1.82. The molecular formula is C9H12N4O2. The molecule has 0 spiro atoms. The maximum atomic E-state index is 11.5. The van der Waals surface area contributed by atoms with Gasteiger partial charge in [-0.15, -0.1) is 0 Å². The zero-order chi connectivity index (χ0) is 11.3. The van der Waals surface area contributed by atoms with E-state index in [1.165, 1.54) is 30.5 Å². The Bertz CT molecular complexity index is 352. The van der Waals surface area contributed by atoms with Gasteiger partial charge in [-0.25, -0.2) is 4.98 Å². The molecule has 2 N–H and O–H groups in total. The van der Waals surface area contributed by atoms with Crippen molar-refractivity contribution in [3.05, 3.63) is 24.3 Å². The van der Waals surface area contributed by atoms with Gasteiger partial charge in [-0.3, -0.25) is 14.6 Å². The van der Waals surface area contributed by atoms with Crippen molar-refractivity contribution in [1.29, 1.82) is 0 Å². The molecule has 0 fully saturated rings. The summed E-state index contributed by atoms with van der Waals surface area (Å²) < 4.78 is 0. The molecule has 1 heterocycles. The van der Waals surface area contributed by atoms with Gasteiger partial charge in [0.15, 0.2) is 0 Å². The maximum absolute atomic E-state index is 11.5. The number of likely N-dealkylation sites (N-methyl/N-ethyl adjacent to an activating group) is 1. The molecule has 1 rings (SSSR count). The number of ketones is 1. The Morgan fingerprint density at radius 3 is 2.73 bits per heavy atom. The second-order valence-corrected chi connectivity index (χ2v) is 2.97. The minimum Gasteiger partial charge on any atom is -0.337 e. The lowest BCUT2D eigenvalue weighted by atomic mass is 10.3. The van der Waals surface area contributed by atoms with Gasteiger partial charge in [-0.2, -0.15) is 0 Å². The first-order valence-electron chi connectivity index (χ1n) is 4.38. The van der Waals surface area contributed by atoms with Crippen molar-refractivity contribution in [2.24, 2.45) is 5.73 Å². The minimum atomic E-state index is -0.285. The summed E-state index contributed by atoms with van der Waals surface area (Å²) in [6.07, 6.45) is 4.27. The van der Waals surface area contributed by atoms with Crippen LogP contribution in [-0.2, 0) is 4.79 Å². The monoisotopic (exact) mass is 208 g/mol. The number of hydrogen-bond acceptors (Lipinski definition) is 5. The second kappa shape index (κ2) is 5.16. The molecular weight excluding hydrogens is 196 g/mol. The van der Waals surface area contributed by atoms with Gasteiger partial charge in [0.25, 0.3) is 0 Å². The Morgan fingerprint density at radius 2 is 2.20 bits per heavy atom. The summed E-state index contributed by atoms with van der Waals surface area (Å²) in [5.41, 5.74) is 5.40. The van der Waals surface area contributed by atoms with E-state index in [4.69, 9.17) is 5.73 Å². The normalized spacial score (nSPS) is 9.73. The van der Waals surface area contributed by atoms with Crippen LogP contribution in [0, 0.1) is 0 Å². The third-order valence-corrected chi connectivity index (χ3v) is 1.83. The largest absolute Gasteiger partial charge is 0.337 e. The predicted octanol–water partition coefficient (Wildman–Crippen LogP) is -0.924. The molecule has 0 aliphatic rings. The molecule has 0 aliphatic heterocycles. The van der Waals surface area contributed by atoms with E-state index in [-0.39, 0.29) is 30.5 Å². The third-order valence-electron chi connectivity index (χ3n) is 1.83. The Morgan fingerprint density at radius 1 is 1.47 bits per heavy atom. The molecule has 1 amide bonds. The fourth-order valence-corrected chi connectivity index (χ4v) is 0.984. The van der Waals surface area contributed by atoms with Gasteiger partial charge in [-0.1, -0.05) is 0 Å². The maximum Gasteiger partial charge on any atom is 0.236 e. The third kappa shape index (κ3) is 3.10. The Kier molecular flexibility index (Phi) is 3.87. The summed E-state index contributed by atoms with van der Waals surface area (Å²) in [7, 11) is 1.52. The molecule has 0 aliphatic carbocycles. The van der Waals surface area contributed by atoms with Gasteiger partial charge in [0.05, 0.1) is 19.3 Å². The number of carbonyl (C=O) groups excluding carboxylic acids is 2. The van der Waals surface area contributed by atoms with Crippen LogP contribution in [0.3, 0.4) is 0 Å². The van der Waals surface area contributed by atoms with Crippen molar-refractivity contribution in [2.75, 3.05) is 20.1 Å². The average molecular weight is 208 g/mol. The van der Waals surface area contributed by atoms with E-state index in [1.54, 1.807) is 0 Å². The molecule has 15 heavy (non-hydrogen) atoms. The first-order chi connectivity index (χ1) is 7.15. The number of nitrogens with zero attached hydrogens (tertiary/aromatic N) is 3. The molecule has 0 unspecified atom stereocenters. The van der Waals surface area contributed by atoms with Crippen molar-refractivity contribution < 1.29 is 9.59 Å². The van der Waals surface area contributed by atoms with Gasteiger partial charge < -0.3 is 10.6 Å². The van der Waals surface area contributed by atoms with Crippen molar-refractivity contribution in [3.63, 3.8) is 0 Å². The van der Waals surface area contributed by atoms with E-state index in [9.17, 15) is 9.59 Å². The van der Waals surface area contributed by atoms with E-state index in [2.05, 4.69) is 9.97 Å². The molecule has 6 nitrogen and oxygen atoms in total. The van der Waals surface area contributed by atoms with Crippen LogP contribution in [0.15, 0.2) is 18.6 Å². The summed E-state index contributed by atoms with van der Waals surface area (Å²) in [6.45, 7) is -0.140. The number of nitrogens with two attached hydrogens (primary N) is 1. The second-order valence-electron chi connectivity index (χ2n) is 2.97. The highest BCUT2D eigenvalue weighted by molar-refractivity contribution is 5.97. The van der Waals surface area contributed by atoms with Crippen molar-refractivity contribution in [1.82, 2.24) is 14.9 Å². The smallest absolute Gasteiger partial charge is 0.236 e. The standard InChI is InChI=1S/C9H12N4O2/c1-13(9(15)4-10)6-8(14)7-5-11-2-3-12-7/h2-3,5H,4,6,10H2,1H3. The molecule has 0 radical (unpaired) electrons. The zero-order valence-electron chi connectivity index (χ0n) is 8.38. The van der Waals surface area contributed by atoms with Gasteiger partial charge in [0.1, 0.15) is 5.69 Å². The quantitative estimate of drug-likeness (QED) is 0.646. The highest BCUT2D eigenvalue weighted by Gasteiger charge is 2.13. The highest BCUT2D eigenvalue weighted by atomic mass is 16.2. The van der Waals surface area contributed by atoms with Gasteiger partial charge in [0, 0.05) is 19.4 Å². The lowest BCUT2D eigenvalue weighted by Gasteiger charge is -2.14. The van der Waals surface area contributed by atoms with E-state index < -0.39 is 0 Å². The first-order valence-corrected chi connectivity index (χ1v) is 4.38. The summed E-state index contributed by atoms with van der Waals surface area (Å²) in [5.74, 6) is -0.542. The van der Waals surface area contributed by atoms with Crippen LogP contribution in [0.2, 0.25) is 0 Å². The minimum absolute atomic E-state index is 0.0330. The van der Waals surface area contributed by atoms with E-state index in [1.807, 2.05) is 0 Å². The molecule has 0 aromatic carbocycles.